The van der Waals surface area contributed by atoms with E-state index in [4.69, 9.17) is 0 Å². The molecule has 5 rings (SSSR count). The quantitative estimate of drug-likeness (QED) is 0.561. The number of hydrogen-bond donors (Lipinski definition) is 0. The molecule has 0 aliphatic carbocycles. The van der Waals surface area contributed by atoms with Crippen LogP contribution in [0.5, 0.6) is 0 Å². The van der Waals surface area contributed by atoms with Gasteiger partial charge in [0, 0.05) is 31.1 Å². The number of para-hydroxylation sites is 2. The van der Waals surface area contributed by atoms with Crippen molar-refractivity contribution in [2.24, 2.45) is 11.8 Å². The summed E-state index contributed by atoms with van der Waals surface area (Å²) < 4.78 is 13.8. The van der Waals surface area contributed by atoms with Crippen LogP contribution in [0.1, 0.15) is 32.2 Å². The molecule has 0 aromatic heterocycles. The fourth-order valence-corrected chi connectivity index (χ4v) is 5.06. The van der Waals surface area contributed by atoms with Crippen molar-refractivity contribution in [1.82, 2.24) is 0 Å². The summed E-state index contributed by atoms with van der Waals surface area (Å²) in [6.45, 7) is 0. The van der Waals surface area contributed by atoms with Gasteiger partial charge in [-0.15, -0.1) is 0 Å². The Hall–Kier alpha value is -4.13. The Balaban J connectivity index is 1.71. The van der Waals surface area contributed by atoms with Crippen molar-refractivity contribution < 1.29 is 23.6 Å². The van der Waals surface area contributed by atoms with E-state index in [1.165, 1.54) is 34.1 Å². The molecule has 0 radical (unpaired) electrons. The number of carbonyl (C=O) groups excluding carboxylic acids is 4. The lowest BCUT2D eigenvalue weighted by Crippen LogP contribution is -2.52. The third kappa shape index (κ3) is 3.15. The number of anilines is 2. The summed E-state index contributed by atoms with van der Waals surface area (Å²) in [5.74, 6) is -6.20. The average molecular weight is 456 g/mol. The minimum atomic E-state index is -1.32. The first-order valence-corrected chi connectivity index (χ1v) is 10.9. The molecule has 3 aromatic carbocycles. The third-order valence-electron chi connectivity index (χ3n) is 6.79. The molecule has 3 aromatic rings. The fraction of sp³-hybridized carbons (Fsp3) is 0.185. The number of benzene rings is 3. The van der Waals surface area contributed by atoms with Gasteiger partial charge >= 0.3 is 0 Å². The normalized spacial score (nSPS) is 20.0. The molecular formula is C27H21FN2O4. The third-order valence-corrected chi connectivity index (χ3v) is 6.79. The molecule has 2 amide bonds. The topological polar surface area (TPSA) is 74.8 Å². The molecule has 2 aliphatic heterocycles. The summed E-state index contributed by atoms with van der Waals surface area (Å²) in [6.07, 6.45) is 0. The van der Waals surface area contributed by atoms with Gasteiger partial charge in [0.25, 0.3) is 0 Å². The SMILES string of the molecule is CN1C(=O)[C@H](C(c2ccc(F)cc2)[C@@H]2C(=O)c3ccccc3N(C)C2=O)C(=O)c2ccccc21. The number of Topliss-reactive ketones (excluding diaryl/α,β-unsaturated/α-hetero) is 2. The van der Waals surface area contributed by atoms with Gasteiger partial charge < -0.3 is 9.80 Å². The first-order valence-electron chi connectivity index (χ1n) is 10.9. The van der Waals surface area contributed by atoms with Gasteiger partial charge in [0.2, 0.25) is 11.8 Å². The van der Waals surface area contributed by atoms with Gasteiger partial charge in [-0.05, 0) is 42.0 Å². The van der Waals surface area contributed by atoms with Gasteiger partial charge in [-0.25, -0.2) is 4.39 Å². The molecule has 2 atom stereocenters. The van der Waals surface area contributed by atoms with Crippen LogP contribution in [0.15, 0.2) is 72.8 Å². The number of nitrogens with zero attached hydrogens (tertiary/aromatic N) is 2. The molecule has 6 nitrogen and oxygen atoms in total. The van der Waals surface area contributed by atoms with Crippen molar-refractivity contribution in [2.75, 3.05) is 23.9 Å². The minimum absolute atomic E-state index is 0.339. The lowest BCUT2D eigenvalue weighted by atomic mass is 9.68. The molecule has 170 valence electrons. The van der Waals surface area contributed by atoms with Crippen LogP contribution in [0.2, 0.25) is 0 Å². The molecule has 0 bridgehead atoms. The first-order chi connectivity index (χ1) is 16.3. The summed E-state index contributed by atoms with van der Waals surface area (Å²) in [4.78, 5) is 57.2. The number of fused-ring (bicyclic) bond motifs is 2. The second-order valence-corrected chi connectivity index (χ2v) is 8.59. The summed E-state index contributed by atoms with van der Waals surface area (Å²) in [5.41, 5.74) is 1.99. The molecule has 0 spiro atoms. The predicted octanol–water partition coefficient (Wildman–Crippen LogP) is 3.86. The van der Waals surface area contributed by atoms with E-state index in [1.54, 1.807) is 62.6 Å². The molecule has 0 saturated heterocycles. The highest BCUT2D eigenvalue weighted by Crippen LogP contribution is 2.45. The molecule has 0 N–H and O–H groups in total. The van der Waals surface area contributed by atoms with Crippen LogP contribution in [-0.4, -0.2) is 37.5 Å². The van der Waals surface area contributed by atoms with Gasteiger partial charge in [-0.3, -0.25) is 19.2 Å². The number of carbonyl (C=O) groups is 4. The summed E-state index contributed by atoms with van der Waals surface area (Å²) >= 11 is 0. The predicted molar refractivity (Wildman–Crippen MR) is 124 cm³/mol. The van der Waals surface area contributed by atoms with Gasteiger partial charge in [0.1, 0.15) is 17.7 Å². The van der Waals surface area contributed by atoms with Crippen molar-refractivity contribution >= 4 is 34.8 Å². The zero-order valence-electron chi connectivity index (χ0n) is 18.6. The molecule has 0 fully saturated rings. The van der Waals surface area contributed by atoms with E-state index in [1.807, 2.05) is 0 Å². The lowest BCUT2D eigenvalue weighted by molar-refractivity contribution is -0.124. The van der Waals surface area contributed by atoms with Crippen LogP contribution in [0, 0.1) is 17.7 Å². The number of amides is 2. The standard InChI is InChI=1S/C27H21FN2O4/c1-29-19-9-5-3-7-17(19)24(31)22(26(29)33)21(15-11-13-16(28)14-12-15)23-25(32)18-8-4-6-10-20(18)30(2)27(23)34/h3-14,21-23H,1-2H3/t22-,23-/m1/s1. The van der Waals surface area contributed by atoms with E-state index >= 15 is 0 Å². The van der Waals surface area contributed by atoms with Crippen molar-refractivity contribution in [1.29, 1.82) is 0 Å². The van der Waals surface area contributed by atoms with Gasteiger partial charge in [0.15, 0.2) is 11.6 Å². The van der Waals surface area contributed by atoms with E-state index in [0.29, 0.717) is 28.1 Å². The van der Waals surface area contributed by atoms with Crippen LogP contribution < -0.4 is 9.80 Å². The minimum Gasteiger partial charge on any atom is -0.314 e. The number of hydrogen-bond acceptors (Lipinski definition) is 4. The van der Waals surface area contributed by atoms with E-state index in [-0.39, 0.29) is 0 Å². The molecular weight excluding hydrogens is 435 g/mol. The molecule has 34 heavy (non-hydrogen) atoms. The zero-order valence-corrected chi connectivity index (χ0v) is 18.6. The molecule has 0 unspecified atom stereocenters. The fourth-order valence-electron chi connectivity index (χ4n) is 5.06. The van der Waals surface area contributed by atoms with Crippen molar-refractivity contribution in [3.8, 4) is 0 Å². The van der Waals surface area contributed by atoms with Gasteiger partial charge in [-0.1, -0.05) is 36.4 Å². The lowest BCUT2D eigenvalue weighted by Gasteiger charge is -2.40. The second kappa shape index (κ2) is 8.02. The summed E-state index contributed by atoms with van der Waals surface area (Å²) in [6, 6.07) is 18.7. The van der Waals surface area contributed by atoms with Crippen LogP contribution in [-0.2, 0) is 9.59 Å². The van der Waals surface area contributed by atoms with Crippen LogP contribution in [0.4, 0.5) is 15.8 Å². The molecule has 2 heterocycles. The Bertz CT molecular complexity index is 1270. The maximum Gasteiger partial charge on any atom is 0.238 e. The Morgan fingerprint density at radius 2 is 1.06 bits per heavy atom. The second-order valence-electron chi connectivity index (χ2n) is 8.59. The average Bonchev–Trinajstić information content (AvgIpc) is 2.86. The number of rotatable bonds is 3. The summed E-state index contributed by atoms with van der Waals surface area (Å²) in [5, 5.41) is 0. The molecule has 2 aliphatic rings. The van der Waals surface area contributed by atoms with Crippen LogP contribution >= 0.6 is 0 Å². The molecule has 0 saturated carbocycles. The van der Waals surface area contributed by atoms with E-state index in [2.05, 4.69) is 0 Å². The van der Waals surface area contributed by atoms with Crippen molar-refractivity contribution in [2.45, 2.75) is 5.92 Å². The highest BCUT2D eigenvalue weighted by molar-refractivity contribution is 6.25. The summed E-state index contributed by atoms with van der Waals surface area (Å²) in [7, 11) is 3.13. The number of halogens is 1. The smallest absolute Gasteiger partial charge is 0.238 e. The van der Waals surface area contributed by atoms with E-state index < -0.39 is 47.0 Å². The van der Waals surface area contributed by atoms with Crippen LogP contribution in [0.25, 0.3) is 0 Å². The number of ketones is 2. The highest BCUT2D eigenvalue weighted by atomic mass is 19.1. The van der Waals surface area contributed by atoms with Crippen molar-refractivity contribution in [3.63, 3.8) is 0 Å². The first kappa shape index (κ1) is 21.7. The molecule has 7 heteroatoms. The van der Waals surface area contributed by atoms with Crippen molar-refractivity contribution in [3.05, 3.63) is 95.3 Å². The maximum absolute atomic E-state index is 13.8. The van der Waals surface area contributed by atoms with Crippen LogP contribution in [0.3, 0.4) is 0 Å². The van der Waals surface area contributed by atoms with Gasteiger partial charge in [-0.2, -0.15) is 0 Å². The monoisotopic (exact) mass is 456 g/mol. The van der Waals surface area contributed by atoms with E-state index in [9.17, 15) is 23.6 Å². The Morgan fingerprint density at radius 3 is 1.50 bits per heavy atom. The van der Waals surface area contributed by atoms with E-state index in [0.717, 1.165) is 0 Å². The largest absolute Gasteiger partial charge is 0.314 e. The van der Waals surface area contributed by atoms with Gasteiger partial charge in [0.05, 0.1) is 11.4 Å². The Kier molecular flexibility index (Phi) is 5.12. The maximum atomic E-state index is 13.8. The Labute approximate surface area is 195 Å². The Morgan fingerprint density at radius 1 is 0.647 bits per heavy atom. The zero-order chi connectivity index (χ0) is 24.1. The highest BCUT2D eigenvalue weighted by Gasteiger charge is 2.52.